The van der Waals surface area contributed by atoms with Crippen molar-refractivity contribution in [1.29, 1.82) is 0 Å². The molecule has 0 aliphatic rings. The van der Waals surface area contributed by atoms with Crippen LogP contribution in [0.2, 0.25) is 18.1 Å². The van der Waals surface area contributed by atoms with Crippen LogP contribution < -0.4 is 5.32 Å². The maximum Gasteiger partial charge on any atom is 0.416 e. The monoisotopic (exact) mass is 399 g/mol. The minimum atomic E-state index is -4.50. The molecular formula is C19H24F3NO3Si. The largest absolute Gasteiger partial charge is 0.480 e. The molecule has 0 unspecified atom stereocenters. The van der Waals surface area contributed by atoms with E-state index in [-0.39, 0.29) is 17.0 Å². The zero-order valence-electron chi connectivity index (χ0n) is 16.0. The fourth-order valence-electron chi connectivity index (χ4n) is 1.81. The van der Waals surface area contributed by atoms with Crippen LogP contribution in [0.5, 0.6) is 0 Å². The first-order valence-electron chi connectivity index (χ1n) is 8.36. The van der Waals surface area contributed by atoms with Crippen LogP contribution >= 0.6 is 0 Å². The van der Waals surface area contributed by atoms with Crippen molar-refractivity contribution < 1.29 is 27.9 Å². The van der Waals surface area contributed by atoms with Gasteiger partial charge in [0.2, 0.25) is 0 Å². The lowest BCUT2D eigenvalue weighted by Crippen LogP contribution is -2.41. The van der Waals surface area contributed by atoms with Gasteiger partial charge < -0.3 is 10.4 Å². The quantitative estimate of drug-likeness (QED) is 0.585. The number of aliphatic carboxylic acids is 1. The van der Waals surface area contributed by atoms with Gasteiger partial charge in [0, 0.05) is 12.0 Å². The normalized spacial score (nSPS) is 13.3. The van der Waals surface area contributed by atoms with E-state index in [4.69, 9.17) is 0 Å². The molecule has 2 N–H and O–H groups in total. The third kappa shape index (κ3) is 6.43. The molecule has 4 nitrogen and oxygen atoms in total. The summed E-state index contributed by atoms with van der Waals surface area (Å²) in [5.74, 6) is 0.858. The van der Waals surface area contributed by atoms with Crippen molar-refractivity contribution in [2.45, 2.75) is 57.5 Å². The third-order valence-electron chi connectivity index (χ3n) is 4.66. The Kier molecular flexibility index (Phi) is 6.89. The van der Waals surface area contributed by atoms with E-state index in [2.05, 4.69) is 50.6 Å². The predicted octanol–water partition coefficient (Wildman–Crippen LogP) is 4.33. The number of nitrogens with one attached hydrogen (secondary N) is 1. The van der Waals surface area contributed by atoms with E-state index in [1.165, 1.54) is 0 Å². The molecule has 0 aromatic heterocycles. The lowest BCUT2D eigenvalue weighted by atomic mass is 10.1. The molecule has 0 saturated heterocycles. The Bertz CT molecular complexity index is 754. The summed E-state index contributed by atoms with van der Waals surface area (Å²) in [6.07, 6.45) is -4.58. The second-order valence-electron chi connectivity index (χ2n) is 7.82. The van der Waals surface area contributed by atoms with Crippen LogP contribution in [0.15, 0.2) is 24.3 Å². The van der Waals surface area contributed by atoms with Crippen molar-refractivity contribution in [2.24, 2.45) is 0 Å². The van der Waals surface area contributed by atoms with E-state index in [0.717, 1.165) is 24.3 Å². The van der Waals surface area contributed by atoms with Gasteiger partial charge in [0.25, 0.3) is 5.91 Å². The van der Waals surface area contributed by atoms with E-state index in [1.54, 1.807) is 0 Å². The highest BCUT2D eigenvalue weighted by Crippen LogP contribution is 2.35. The molecule has 0 radical (unpaired) electrons. The summed E-state index contributed by atoms with van der Waals surface area (Å²) in [6.45, 7) is 10.4. The summed E-state index contributed by atoms with van der Waals surface area (Å²) in [5, 5.41) is 11.6. The van der Waals surface area contributed by atoms with Crippen LogP contribution in [0.25, 0.3) is 0 Å². The van der Waals surface area contributed by atoms with Gasteiger partial charge in [0.05, 0.1) is 5.56 Å². The van der Waals surface area contributed by atoms with Crippen molar-refractivity contribution in [2.75, 3.05) is 0 Å². The highest BCUT2D eigenvalue weighted by Gasteiger charge is 2.34. The molecule has 148 valence electrons. The fraction of sp³-hybridized carbons (Fsp3) is 0.474. The fourth-order valence-corrected chi connectivity index (χ4v) is 2.73. The van der Waals surface area contributed by atoms with Gasteiger partial charge in [-0.2, -0.15) is 13.2 Å². The van der Waals surface area contributed by atoms with Crippen molar-refractivity contribution in [3.63, 3.8) is 0 Å². The van der Waals surface area contributed by atoms with E-state index >= 15 is 0 Å². The Morgan fingerprint density at radius 2 is 1.67 bits per heavy atom. The van der Waals surface area contributed by atoms with Gasteiger partial charge >= 0.3 is 12.1 Å². The number of hydrogen-bond acceptors (Lipinski definition) is 2. The van der Waals surface area contributed by atoms with Crippen LogP contribution in [0.3, 0.4) is 0 Å². The summed E-state index contributed by atoms with van der Waals surface area (Å²) in [4.78, 5) is 23.5. The maximum absolute atomic E-state index is 12.6. The molecule has 8 heteroatoms. The molecular weight excluding hydrogens is 375 g/mol. The Morgan fingerprint density at radius 3 is 2.07 bits per heavy atom. The van der Waals surface area contributed by atoms with E-state index in [0.29, 0.717) is 0 Å². The predicted molar refractivity (Wildman–Crippen MR) is 99.9 cm³/mol. The van der Waals surface area contributed by atoms with E-state index in [1.807, 2.05) is 0 Å². The molecule has 1 rings (SSSR count). The van der Waals surface area contributed by atoms with E-state index < -0.39 is 37.7 Å². The van der Waals surface area contributed by atoms with Crippen molar-refractivity contribution in [3.05, 3.63) is 35.4 Å². The second-order valence-corrected chi connectivity index (χ2v) is 12.8. The lowest BCUT2D eigenvalue weighted by Gasteiger charge is -2.31. The zero-order chi connectivity index (χ0) is 21.0. The van der Waals surface area contributed by atoms with E-state index in [9.17, 15) is 27.9 Å². The Morgan fingerprint density at radius 1 is 1.15 bits per heavy atom. The van der Waals surface area contributed by atoms with Crippen molar-refractivity contribution >= 4 is 20.0 Å². The van der Waals surface area contributed by atoms with Crippen molar-refractivity contribution in [1.82, 2.24) is 5.32 Å². The standard InChI is InChI=1S/C19H24F3NO3Si/c1-18(2,3)27(4,5)12-6-7-15(17(25)26)23-16(24)13-8-10-14(11-9-13)19(20,21)22/h8-11,15H,7H2,1-5H3,(H,23,24)(H,25,26)/t15-/m0/s1. The van der Waals surface area contributed by atoms with Gasteiger partial charge in [-0.1, -0.05) is 33.9 Å². The first-order valence-corrected chi connectivity index (χ1v) is 11.4. The molecule has 0 spiro atoms. The summed E-state index contributed by atoms with van der Waals surface area (Å²) in [7, 11) is -1.91. The zero-order valence-corrected chi connectivity index (χ0v) is 17.0. The van der Waals surface area contributed by atoms with Crippen LogP contribution in [0, 0.1) is 11.5 Å². The van der Waals surface area contributed by atoms with Crippen LogP contribution in [-0.4, -0.2) is 31.1 Å². The molecule has 1 atom stereocenters. The highest BCUT2D eigenvalue weighted by atomic mass is 28.3. The number of alkyl halides is 3. The SMILES string of the molecule is CC(C)(C)[Si](C)(C)C#CC[C@H](NC(=O)c1ccc(C(F)(F)F)cc1)C(=O)O. The molecule has 27 heavy (non-hydrogen) atoms. The van der Waals surface area contributed by atoms with Gasteiger partial charge in [-0.3, -0.25) is 4.79 Å². The maximum atomic E-state index is 12.6. The number of benzene rings is 1. The van der Waals surface area contributed by atoms with Gasteiger partial charge in [-0.25, -0.2) is 4.79 Å². The number of carbonyl (C=O) groups is 2. The Labute approximate surface area is 158 Å². The summed E-state index contributed by atoms with van der Waals surface area (Å²) < 4.78 is 37.7. The Hall–Kier alpha value is -2.27. The van der Waals surface area contributed by atoms with Crippen LogP contribution in [0.4, 0.5) is 13.2 Å². The number of amides is 1. The first-order chi connectivity index (χ1) is 12.1. The van der Waals surface area contributed by atoms with Gasteiger partial charge in [-0.15, -0.1) is 11.5 Å². The molecule has 1 aromatic rings. The minimum Gasteiger partial charge on any atom is -0.480 e. The molecule has 0 saturated carbocycles. The van der Waals surface area contributed by atoms with Gasteiger partial charge in [-0.05, 0) is 29.3 Å². The molecule has 0 bridgehead atoms. The topological polar surface area (TPSA) is 66.4 Å². The first kappa shape index (κ1) is 22.8. The number of carboxylic acid groups (broad SMARTS) is 1. The van der Waals surface area contributed by atoms with Crippen LogP contribution in [-0.2, 0) is 11.0 Å². The molecule has 0 aliphatic carbocycles. The van der Waals surface area contributed by atoms with Gasteiger partial charge in [0.15, 0.2) is 0 Å². The molecule has 1 amide bonds. The summed E-state index contributed by atoms with van der Waals surface area (Å²) in [6, 6.07) is 2.35. The van der Waals surface area contributed by atoms with Crippen molar-refractivity contribution in [3.8, 4) is 11.5 Å². The molecule has 0 heterocycles. The number of carboxylic acids is 1. The summed E-state index contributed by atoms with van der Waals surface area (Å²) >= 11 is 0. The number of halogens is 3. The third-order valence-corrected chi connectivity index (χ3v) is 9.21. The Balaban J connectivity index is 2.87. The average Bonchev–Trinajstić information content (AvgIpc) is 2.51. The number of hydrogen-bond donors (Lipinski definition) is 2. The van der Waals surface area contributed by atoms with Gasteiger partial charge in [0.1, 0.15) is 14.1 Å². The average molecular weight is 399 g/mol. The molecule has 0 fully saturated rings. The van der Waals surface area contributed by atoms with Crippen LogP contribution in [0.1, 0.15) is 43.1 Å². The highest BCUT2D eigenvalue weighted by molar-refractivity contribution is 6.87. The second kappa shape index (κ2) is 8.17. The summed E-state index contributed by atoms with van der Waals surface area (Å²) in [5.41, 5.74) is 2.24. The minimum absolute atomic E-state index is 0.0161. The lowest BCUT2D eigenvalue weighted by molar-refractivity contribution is -0.139. The smallest absolute Gasteiger partial charge is 0.416 e. The molecule has 0 aliphatic heterocycles. The number of rotatable bonds is 4. The molecule has 1 aromatic carbocycles. The number of carbonyl (C=O) groups excluding carboxylic acids is 1.